The van der Waals surface area contributed by atoms with Crippen molar-refractivity contribution in [2.24, 2.45) is 0 Å². The zero-order valence-corrected chi connectivity index (χ0v) is 18.0. The van der Waals surface area contributed by atoms with Gasteiger partial charge in [0.25, 0.3) is 0 Å². The maximum atomic E-state index is 9.78. The van der Waals surface area contributed by atoms with E-state index in [0.29, 0.717) is 17.2 Å². The normalized spacial score (nSPS) is 18.3. The van der Waals surface area contributed by atoms with Crippen LogP contribution in [0.25, 0.3) is 16.6 Å². The van der Waals surface area contributed by atoms with Gasteiger partial charge in [-0.15, -0.1) is 0 Å². The molecule has 0 atom stereocenters. The highest BCUT2D eigenvalue weighted by molar-refractivity contribution is 7.99. The first-order chi connectivity index (χ1) is 15.7. The fourth-order valence-electron chi connectivity index (χ4n) is 4.18. The third-order valence-corrected chi connectivity index (χ3v) is 7.01. The molecule has 0 saturated heterocycles. The molecular weight excluding hydrogens is 420 g/mol. The zero-order valence-electron chi connectivity index (χ0n) is 17.2. The van der Waals surface area contributed by atoms with Gasteiger partial charge in [-0.2, -0.15) is 20.7 Å². The van der Waals surface area contributed by atoms with Crippen molar-refractivity contribution < 1.29 is 5.11 Å². The van der Waals surface area contributed by atoms with Crippen LogP contribution in [0.15, 0.2) is 64.9 Å². The summed E-state index contributed by atoms with van der Waals surface area (Å²) in [6.07, 6.45) is 10.6. The molecule has 0 bridgehead atoms. The summed E-state index contributed by atoms with van der Waals surface area (Å²) in [6, 6.07) is 14.2. The van der Waals surface area contributed by atoms with E-state index in [1.807, 2.05) is 47.5 Å². The SMILES string of the molecule is N#Cc1ccccc1Sc1cc(-c2cnn([C@H]3CC[C@@H](O)CC3)c2)cn2ncc(C#N)c12. The molecule has 1 aliphatic rings. The third-order valence-electron chi connectivity index (χ3n) is 5.90. The van der Waals surface area contributed by atoms with Gasteiger partial charge < -0.3 is 5.11 Å². The van der Waals surface area contributed by atoms with E-state index in [1.165, 1.54) is 11.8 Å². The van der Waals surface area contributed by atoms with Gasteiger partial charge in [0.15, 0.2) is 0 Å². The Balaban J connectivity index is 1.56. The smallest absolute Gasteiger partial charge is 0.103 e. The van der Waals surface area contributed by atoms with Gasteiger partial charge >= 0.3 is 0 Å². The Morgan fingerprint density at radius 2 is 1.69 bits per heavy atom. The third kappa shape index (κ3) is 3.75. The highest BCUT2D eigenvalue weighted by Crippen LogP contribution is 2.37. The Labute approximate surface area is 189 Å². The van der Waals surface area contributed by atoms with E-state index in [-0.39, 0.29) is 6.10 Å². The van der Waals surface area contributed by atoms with Crippen molar-refractivity contribution in [3.05, 3.63) is 66.2 Å². The molecule has 0 amide bonds. The Bertz CT molecular complexity index is 1370. The quantitative estimate of drug-likeness (QED) is 0.499. The molecule has 7 nitrogen and oxygen atoms in total. The lowest BCUT2D eigenvalue weighted by atomic mass is 9.93. The Kier molecular flexibility index (Phi) is 5.40. The number of hydrogen-bond donors (Lipinski definition) is 1. The van der Waals surface area contributed by atoms with Crippen LogP contribution in [0.3, 0.4) is 0 Å². The van der Waals surface area contributed by atoms with Crippen LogP contribution < -0.4 is 0 Å². The largest absolute Gasteiger partial charge is 0.393 e. The first-order valence-electron chi connectivity index (χ1n) is 10.5. The second-order valence-electron chi connectivity index (χ2n) is 7.94. The summed E-state index contributed by atoms with van der Waals surface area (Å²) in [7, 11) is 0. The zero-order chi connectivity index (χ0) is 22.1. The van der Waals surface area contributed by atoms with Crippen molar-refractivity contribution >= 4 is 17.3 Å². The molecule has 4 aromatic rings. The van der Waals surface area contributed by atoms with Crippen LogP contribution in [0.5, 0.6) is 0 Å². The van der Waals surface area contributed by atoms with Gasteiger partial charge in [0, 0.05) is 33.3 Å². The summed E-state index contributed by atoms with van der Waals surface area (Å²) >= 11 is 1.46. The number of fused-ring (bicyclic) bond motifs is 1. The predicted molar refractivity (Wildman–Crippen MR) is 120 cm³/mol. The van der Waals surface area contributed by atoms with Crippen molar-refractivity contribution in [2.45, 2.75) is 47.6 Å². The van der Waals surface area contributed by atoms with Gasteiger partial charge in [-0.1, -0.05) is 23.9 Å². The predicted octanol–water partition coefficient (Wildman–Crippen LogP) is 4.57. The van der Waals surface area contributed by atoms with Crippen LogP contribution in [0.4, 0.5) is 0 Å². The molecule has 0 spiro atoms. The number of benzene rings is 1. The number of nitrogens with zero attached hydrogens (tertiary/aromatic N) is 6. The first kappa shape index (κ1) is 20.3. The number of nitriles is 2. The van der Waals surface area contributed by atoms with Crippen LogP contribution in [0.1, 0.15) is 42.9 Å². The van der Waals surface area contributed by atoms with E-state index in [0.717, 1.165) is 52.1 Å². The lowest BCUT2D eigenvalue weighted by Gasteiger charge is -2.25. The molecule has 1 saturated carbocycles. The van der Waals surface area contributed by atoms with Crippen molar-refractivity contribution in [3.63, 3.8) is 0 Å². The standard InChI is InChI=1S/C24H20N6OS/c25-10-16-3-1-2-4-22(16)32-23-9-17(14-30-24(23)18(11-26)12-28-30)19-13-27-29(15-19)20-5-7-21(31)8-6-20/h1-4,9,12-15,20-21,31H,5-8H2/t20-,21+. The molecule has 32 heavy (non-hydrogen) atoms. The van der Waals surface area contributed by atoms with Crippen LogP contribution in [-0.4, -0.2) is 30.6 Å². The molecule has 0 aliphatic heterocycles. The molecule has 1 fully saturated rings. The first-order valence-corrected chi connectivity index (χ1v) is 11.3. The molecule has 8 heteroatoms. The van der Waals surface area contributed by atoms with Gasteiger partial charge in [0.05, 0.1) is 41.2 Å². The monoisotopic (exact) mass is 440 g/mol. The molecule has 5 rings (SSSR count). The van der Waals surface area contributed by atoms with E-state index >= 15 is 0 Å². The van der Waals surface area contributed by atoms with Crippen LogP contribution in [0, 0.1) is 22.7 Å². The number of aromatic nitrogens is 4. The molecule has 1 aliphatic carbocycles. The summed E-state index contributed by atoms with van der Waals surface area (Å²) in [6.45, 7) is 0. The van der Waals surface area contributed by atoms with Crippen LogP contribution >= 0.6 is 11.8 Å². The number of hydrogen-bond acceptors (Lipinski definition) is 6. The van der Waals surface area contributed by atoms with E-state index in [9.17, 15) is 15.6 Å². The molecule has 0 unspecified atom stereocenters. The van der Waals surface area contributed by atoms with Gasteiger partial charge in [-0.25, -0.2) is 4.52 Å². The van der Waals surface area contributed by atoms with Gasteiger partial charge in [0.1, 0.15) is 12.1 Å². The second-order valence-corrected chi connectivity index (χ2v) is 9.02. The van der Waals surface area contributed by atoms with E-state index in [4.69, 9.17) is 0 Å². The Morgan fingerprint density at radius 3 is 2.47 bits per heavy atom. The summed E-state index contributed by atoms with van der Waals surface area (Å²) in [5, 5.41) is 37.8. The number of aliphatic hydroxyl groups is 1. The van der Waals surface area contributed by atoms with Crippen LogP contribution in [-0.2, 0) is 0 Å². The summed E-state index contributed by atoms with van der Waals surface area (Å²) in [5.41, 5.74) is 3.70. The maximum Gasteiger partial charge on any atom is 0.103 e. The topological polar surface area (TPSA) is 103 Å². The molecule has 1 N–H and O–H groups in total. The Morgan fingerprint density at radius 1 is 0.906 bits per heavy atom. The van der Waals surface area contributed by atoms with Gasteiger partial charge in [0.2, 0.25) is 0 Å². The summed E-state index contributed by atoms with van der Waals surface area (Å²) in [4.78, 5) is 1.68. The molecule has 158 valence electrons. The van der Waals surface area contributed by atoms with E-state index in [1.54, 1.807) is 16.8 Å². The minimum atomic E-state index is -0.200. The number of rotatable bonds is 4. The van der Waals surface area contributed by atoms with Crippen molar-refractivity contribution in [1.82, 2.24) is 19.4 Å². The number of aliphatic hydroxyl groups excluding tert-OH is 1. The van der Waals surface area contributed by atoms with Crippen molar-refractivity contribution in [3.8, 4) is 23.3 Å². The highest BCUT2D eigenvalue weighted by atomic mass is 32.2. The second kappa shape index (κ2) is 8.51. The van der Waals surface area contributed by atoms with Crippen molar-refractivity contribution in [1.29, 1.82) is 10.5 Å². The van der Waals surface area contributed by atoms with Gasteiger partial charge in [-0.05, 0) is 43.9 Å². The Hall–Kier alpha value is -3.59. The van der Waals surface area contributed by atoms with Gasteiger partial charge in [-0.3, -0.25) is 4.68 Å². The van der Waals surface area contributed by atoms with E-state index < -0.39 is 0 Å². The number of pyridine rings is 1. The van der Waals surface area contributed by atoms with E-state index in [2.05, 4.69) is 22.3 Å². The molecule has 1 aromatic carbocycles. The van der Waals surface area contributed by atoms with Crippen molar-refractivity contribution in [2.75, 3.05) is 0 Å². The average Bonchev–Trinajstić information content (AvgIpc) is 3.47. The molecular formula is C24H20N6OS. The lowest BCUT2D eigenvalue weighted by Crippen LogP contribution is -2.21. The fourth-order valence-corrected chi connectivity index (χ4v) is 5.27. The molecule has 3 heterocycles. The fraction of sp³-hybridized carbons (Fsp3) is 0.250. The van der Waals surface area contributed by atoms with Crippen LogP contribution in [0.2, 0.25) is 0 Å². The maximum absolute atomic E-state index is 9.78. The average molecular weight is 441 g/mol. The summed E-state index contributed by atoms with van der Waals surface area (Å²) in [5.74, 6) is 0. The lowest BCUT2D eigenvalue weighted by molar-refractivity contribution is 0.108. The molecule has 3 aromatic heterocycles. The minimum absolute atomic E-state index is 0.200. The summed E-state index contributed by atoms with van der Waals surface area (Å²) < 4.78 is 3.71. The molecule has 0 radical (unpaired) electrons. The highest BCUT2D eigenvalue weighted by Gasteiger charge is 2.22. The minimum Gasteiger partial charge on any atom is -0.393 e.